The summed E-state index contributed by atoms with van der Waals surface area (Å²) in [6, 6.07) is 12.5. The average molecular weight is 483 g/mol. The lowest BCUT2D eigenvalue weighted by Crippen LogP contribution is -2.32. The first kappa shape index (κ1) is 24.1. The van der Waals surface area contributed by atoms with E-state index < -0.39 is 10.0 Å². The summed E-state index contributed by atoms with van der Waals surface area (Å²) in [6.45, 7) is 7.87. The minimum absolute atomic E-state index is 0.153. The van der Waals surface area contributed by atoms with Gasteiger partial charge >= 0.3 is 0 Å². The number of aryl methyl sites for hydroxylation is 1. The van der Waals surface area contributed by atoms with Crippen molar-refractivity contribution in [3.05, 3.63) is 64.5 Å². The van der Waals surface area contributed by atoms with Gasteiger partial charge in [0.2, 0.25) is 10.0 Å². The molecule has 10 heteroatoms. The molecule has 0 aliphatic carbocycles. The topological polar surface area (TPSA) is 104 Å². The molecule has 0 aliphatic heterocycles. The van der Waals surface area contributed by atoms with Gasteiger partial charge in [0.25, 0.3) is 5.56 Å². The molecule has 0 atom stereocenters. The molecule has 0 bridgehead atoms. The number of aromatic nitrogens is 4. The molecule has 0 aliphatic rings. The summed E-state index contributed by atoms with van der Waals surface area (Å²) in [5, 5.41) is 0.568. The Morgan fingerprint density at radius 1 is 1.03 bits per heavy atom. The number of rotatable bonds is 8. The van der Waals surface area contributed by atoms with Gasteiger partial charge in [-0.15, -0.1) is 0 Å². The number of H-pyrrole nitrogens is 1. The number of para-hydroxylation sites is 1. The smallest absolute Gasteiger partial charge is 0.258 e. The first-order valence-electron chi connectivity index (χ1n) is 11.3. The zero-order chi connectivity index (χ0) is 24.6. The Kier molecular flexibility index (Phi) is 6.57. The number of nitrogens with zero attached hydrogens (tertiary/aromatic N) is 5. The summed E-state index contributed by atoms with van der Waals surface area (Å²) in [5.74, 6) is 1.42. The Morgan fingerprint density at radius 2 is 1.76 bits per heavy atom. The molecular weight excluding hydrogens is 452 g/mol. The van der Waals surface area contributed by atoms with E-state index >= 15 is 0 Å². The van der Waals surface area contributed by atoms with Crippen LogP contribution in [0.1, 0.15) is 32.4 Å². The van der Waals surface area contributed by atoms with Crippen LogP contribution >= 0.6 is 0 Å². The van der Waals surface area contributed by atoms with Gasteiger partial charge in [-0.3, -0.25) is 9.69 Å². The molecule has 0 spiro atoms. The van der Waals surface area contributed by atoms with Crippen LogP contribution in [0.5, 0.6) is 0 Å². The lowest BCUT2D eigenvalue weighted by atomic mass is 10.2. The van der Waals surface area contributed by atoms with Crippen molar-refractivity contribution in [2.45, 2.75) is 51.3 Å². The highest BCUT2D eigenvalue weighted by atomic mass is 32.2. The van der Waals surface area contributed by atoms with E-state index in [0.29, 0.717) is 41.9 Å². The Hall–Kier alpha value is -3.08. The van der Waals surface area contributed by atoms with Crippen molar-refractivity contribution in [3.63, 3.8) is 0 Å². The van der Waals surface area contributed by atoms with Crippen molar-refractivity contribution >= 4 is 32.0 Å². The van der Waals surface area contributed by atoms with Crippen molar-refractivity contribution in [2.24, 2.45) is 0 Å². The van der Waals surface area contributed by atoms with Crippen molar-refractivity contribution in [3.8, 4) is 0 Å². The highest BCUT2D eigenvalue weighted by Gasteiger charge is 2.21. The van der Waals surface area contributed by atoms with E-state index in [1.165, 1.54) is 18.4 Å². The second-order valence-corrected chi connectivity index (χ2v) is 10.9. The summed E-state index contributed by atoms with van der Waals surface area (Å²) in [6.07, 6.45) is 0. The third kappa shape index (κ3) is 4.48. The standard InChI is InChI=1S/C24H30N6O3S/c1-6-30-21-12-11-17(34(32,33)28(4)5)13-20(21)26-23(30)15-29(16(2)3)14-22-25-19-10-8-7-9-18(19)24(31)27-22/h7-13,16H,6,14-15H2,1-5H3,(H,25,27,31). The van der Waals surface area contributed by atoms with Gasteiger partial charge in [0.05, 0.1) is 39.9 Å². The summed E-state index contributed by atoms with van der Waals surface area (Å²) in [7, 11) is -0.516. The Bertz CT molecular complexity index is 1500. The van der Waals surface area contributed by atoms with Crippen LogP contribution in [-0.2, 0) is 29.7 Å². The number of hydrogen-bond donors (Lipinski definition) is 1. The fraction of sp³-hybridized carbons (Fsp3) is 0.375. The molecule has 0 fully saturated rings. The minimum Gasteiger partial charge on any atom is -0.327 e. The molecule has 1 N–H and O–H groups in total. The van der Waals surface area contributed by atoms with Crippen LogP contribution in [0.4, 0.5) is 0 Å². The normalized spacial score (nSPS) is 12.6. The minimum atomic E-state index is -3.55. The molecule has 180 valence electrons. The lowest BCUT2D eigenvalue weighted by Gasteiger charge is -2.25. The predicted molar refractivity (Wildman–Crippen MR) is 133 cm³/mol. The molecule has 0 radical (unpaired) electrons. The van der Waals surface area contributed by atoms with Gasteiger partial charge in [-0.25, -0.2) is 22.7 Å². The van der Waals surface area contributed by atoms with Gasteiger partial charge < -0.3 is 9.55 Å². The number of benzene rings is 2. The molecule has 0 saturated carbocycles. The average Bonchev–Trinajstić information content (AvgIpc) is 3.14. The van der Waals surface area contributed by atoms with Crippen LogP contribution in [0.25, 0.3) is 21.9 Å². The van der Waals surface area contributed by atoms with Crippen molar-refractivity contribution < 1.29 is 8.42 Å². The maximum absolute atomic E-state index is 12.6. The summed E-state index contributed by atoms with van der Waals surface area (Å²) >= 11 is 0. The van der Waals surface area contributed by atoms with Gasteiger partial charge in [-0.05, 0) is 51.1 Å². The maximum atomic E-state index is 12.6. The van der Waals surface area contributed by atoms with E-state index in [9.17, 15) is 13.2 Å². The van der Waals surface area contributed by atoms with Gasteiger partial charge in [0.15, 0.2) is 0 Å². The fourth-order valence-corrected chi connectivity index (χ4v) is 4.93. The van der Waals surface area contributed by atoms with Crippen molar-refractivity contribution in [2.75, 3.05) is 14.1 Å². The van der Waals surface area contributed by atoms with Crippen molar-refractivity contribution in [1.29, 1.82) is 0 Å². The Labute approximate surface area is 199 Å². The van der Waals surface area contributed by atoms with Crippen LogP contribution in [-0.4, -0.2) is 57.3 Å². The zero-order valence-electron chi connectivity index (χ0n) is 20.1. The maximum Gasteiger partial charge on any atom is 0.258 e. The molecule has 34 heavy (non-hydrogen) atoms. The van der Waals surface area contributed by atoms with E-state index in [0.717, 1.165) is 11.3 Å². The van der Waals surface area contributed by atoms with Crippen LogP contribution in [0.2, 0.25) is 0 Å². The third-order valence-electron chi connectivity index (χ3n) is 5.98. The highest BCUT2D eigenvalue weighted by molar-refractivity contribution is 7.89. The van der Waals surface area contributed by atoms with E-state index in [4.69, 9.17) is 4.98 Å². The first-order chi connectivity index (χ1) is 16.1. The molecule has 0 saturated heterocycles. The molecule has 2 aromatic carbocycles. The van der Waals surface area contributed by atoms with Crippen LogP contribution < -0.4 is 5.56 Å². The number of nitrogens with one attached hydrogen (secondary N) is 1. The molecule has 0 unspecified atom stereocenters. The molecular formula is C24H30N6O3S. The number of hydrogen-bond acceptors (Lipinski definition) is 6. The van der Waals surface area contributed by atoms with Gasteiger partial charge in [0, 0.05) is 26.7 Å². The fourth-order valence-electron chi connectivity index (χ4n) is 4.01. The van der Waals surface area contributed by atoms with Crippen molar-refractivity contribution in [1.82, 2.24) is 28.7 Å². The largest absolute Gasteiger partial charge is 0.327 e. The molecule has 4 aromatic rings. The second kappa shape index (κ2) is 9.28. The van der Waals surface area contributed by atoms with E-state index in [2.05, 4.69) is 33.3 Å². The van der Waals surface area contributed by atoms with Gasteiger partial charge in [-0.1, -0.05) is 12.1 Å². The molecule has 9 nitrogen and oxygen atoms in total. The van der Waals surface area contributed by atoms with Crippen LogP contribution in [0, 0.1) is 0 Å². The number of sulfonamides is 1. The third-order valence-corrected chi connectivity index (χ3v) is 7.79. The highest BCUT2D eigenvalue weighted by Crippen LogP contribution is 2.23. The Balaban J connectivity index is 1.69. The zero-order valence-corrected chi connectivity index (χ0v) is 20.9. The van der Waals surface area contributed by atoms with Crippen LogP contribution in [0.15, 0.2) is 52.2 Å². The quantitative estimate of drug-likeness (QED) is 0.414. The Morgan fingerprint density at radius 3 is 2.44 bits per heavy atom. The lowest BCUT2D eigenvalue weighted by molar-refractivity contribution is 0.191. The van der Waals surface area contributed by atoms with E-state index in [1.807, 2.05) is 31.2 Å². The first-order valence-corrected chi connectivity index (χ1v) is 12.7. The molecule has 4 rings (SSSR count). The summed E-state index contributed by atoms with van der Waals surface area (Å²) in [5.41, 5.74) is 2.04. The SMILES string of the molecule is CCn1c(CN(Cc2nc3ccccc3c(=O)[nH]2)C(C)C)nc2cc(S(=O)(=O)N(C)C)ccc21. The predicted octanol–water partition coefficient (Wildman–Crippen LogP) is 2.95. The van der Waals surface area contributed by atoms with Gasteiger partial charge in [-0.2, -0.15) is 0 Å². The number of fused-ring (bicyclic) bond motifs is 2. The number of imidazole rings is 1. The monoisotopic (exact) mass is 482 g/mol. The number of aromatic amines is 1. The molecule has 0 amide bonds. The summed E-state index contributed by atoms with van der Waals surface area (Å²) < 4.78 is 28.4. The second-order valence-electron chi connectivity index (χ2n) is 8.74. The molecule has 2 aromatic heterocycles. The summed E-state index contributed by atoms with van der Waals surface area (Å²) in [4.78, 5) is 27.2. The molecule has 2 heterocycles. The van der Waals surface area contributed by atoms with Gasteiger partial charge in [0.1, 0.15) is 11.6 Å². The van der Waals surface area contributed by atoms with Crippen LogP contribution in [0.3, 0.4) is 0 Å². The van der Waals surface area contributed by atoms with E-state index in [-0.39, 0.29) is 16.5 Å². The van der Waals surface area contributed by atoms with E-state index in [1.54, 1.807) is 18.2 Å².